The third kappa shape index (κ3) is 4.41. The third-order valence-corrected chi connectivity index (χ3v) is 4.94. The zero-order valence-corrected chi connectivity index (χ0v) is 15.3. The monoisotopic (exact) mass is 356 g/mol. The number of carbonyl (C=O) groups excluding carboxylic acids is 1. The van der Waals surface area contributed by atoms with Crippen LogP contribution in [0.2, 0.25) is 0 Å². The molecule has 0 aliphatic carbocycles. The maximum Gasteiger partial charge on any atom is 0.236 e. The van der Waals surface area contributed by atoms with Crippen LogP contribution in [0, 0.1) is 5.82 Å². The molecule has 0 N–H and O–H groups in total. The summed E-state index contributed by atoms with van der Waals surface area (Å²) in [6, 6.07) is 14.6. The lowest BCUT2D eigenvalue weighted by molar-refractivity contribution is -0.131. The van der Waals surface area contributed by atoms with E-state index in [0.717, 1.165) is 36.3 Å². The topological polar surface area (TPSA) is 32.8 Å². The Morgan fingerprint density at radius 3 is 2.77 bits per heavy atom. The van der Waals surface area contributed by atoms with Gasteiger partial charge in [0.15, 0.2) is 0 Å². The number of hydrogen-bond donors (Lipinski definition) is 0. The molecule has 4 nitrogen and oxygen atoms in total. The number of methoxy groups -OCH3 is 1. The highest BCUT2D eigenvalue weighted by Crippen LogP contribution is 2.31. The van der Waals surface area contributed by atoms with Crippen molar-refractivity contribution in [2.24, 2.45) is 0 Å². The zero-order chi connectivity index (χ0) is 18.5. The maximum atomic E-state index is 13.2. The lowest BCUT2D eigenvalue weighted by Gasteiger charge is -2.27. The van der Waals surface area contributed by atoms with Crippen LogP contribution in [-0.2, 0) is 11.3 Å². The van der Waals surface area contributed by atoms with Gasteiger partial charge in [-0.3, -0.25) is 9.69 Å². The van der Waals surface area contributed by atoms with Gasteiger partial charge in [-0.25, -0.2) is 4.39 Å². The minimum atomic E-state index is -0.229. The van der Waals surface area contributed by atoms with Gasteiger partial charge in [0, 0.05) is 19.6 Å². The Balaban J connectivity index is 1.61. The fourth-order valence-corrected chi connectivity index (χ4v) is 3.51. The Labute approximate surface area is 154 Å². The van der Waals surface area contributed by atoms with Crippen LogP contribution >= 0.6 is 0 Å². The van der Waals surface area contributed by atoms with E-state index >= 15 is 0 Å². The summed E-state index contributed by atoms with van der Waals surface area (Å²) < 4.78 is 18.4. The van der Waals surface area contributed by atoms with Crippen LogP contribution in [-0.4, -0.2) is 43.0 Å². The van der Waals surface area contributed by atoms with Crippen molar-refractivity contribution in [3.05, 3.63) is 65.5 Å². The molecule has 0 radical (unpaired) electrons. The Kier molecular flexibility index (Phi) is 5.89. The first-order valence-corrected chi connectivity index (χ1v) is 8.93. The number of amides is 1. The Morgan fingerprint density at radius 2 is 2.04 bits per heavy atom. The molecule has 138 valence electrons. The van der Waals surface area contributed by atoms with Gasteiger partial charge in [0.2, 0.25) is 5.91 Å². The van der Waals surface area contributed by atoms with Gasteiger partial charge in [-0.15, -0.1) is 0 Å². The second-order valence-corrected chi connectivity index (χ2v) is 6.78. The van der Waals surface area contributed by atoms with Crippen molar-refractivity contribution < 1.29 is 13.9 Å². The molecule has 1 heterocycles. The van der Waals surface area contributed by atoms with Crippen molar-refractivity contribution in [2.75, 3.05) is 27.2 Å². The number of ether oxygens (including phenoxy) is 1. The van der Waals surface area contributed by atoms with Crippen LogP contribution in [0.15, 0.2) is 48.5 Å². The van der Waals surface area contributed by atoms with Gasteiger partial charge in [-0.1, -0.05) is 24.3 Å². The molecule has 5 heteroatoms. The Morgan fingerprint density at radius 1 is 1.27 bits per heavy atom. The zero-order valence-electron chi connectivity index (χ0n) is 15.3. The van der Waals surface area contributed by atoms with Gasteiger partial charge in [0.25, 0.3) is 0 Å². The van der Waals surface area contributed by atoms with Crippen molar-refractivity contribution in [3.8, 4) is 5.75 Å². The van der Waals surface area contributed by atoms with Gasteiger partial charge >= 0.3 is 0 Å². The van der Waals surface area contributed by atoms with Crippen molar-refractivity contribution in [1.82, 2.24) is 9.80 Å². The summed E-state index contributed by atoms with van der Waals surface area (Å²) >= 11 is 0. The molecule has 1 saturated heterocycles. The van der Waals surface area contributed by atoms with E-state index in [9.17, 15) is 9.18 Å². The highest BCUT2D eigenvalue weighted by atomic mass is 19.1. The first kappa shape index (κ1) is 18.4. The van der Waals surface area contributed by atoms with Gasteiger partial charge in [-0.2, -0.15) is 0 Å². The molecule has 26 heavy (non-hydrogen) atoms. The van der Waals surface area contributed by atoms with Crippen LogP contribution in [0.1, 0.15) is 30.0 Å². The molecule has 3 rings (SSSR count). The first-order chi connectivity index (χ1) is 12.6. The molecule has 2 aromatic rings. The van der Waals surface area contributed by atoms with Crippen molar-refractivity contribution in [1.29, 1.82) is 0 Å². The first-order valence-electron chi connectivity index (χ1n) is 8.93. The SMILES string of the molecule is COc1cccc(CN(C)C(=O)CN2CCCC2c2ccc(F)cc2)c1. The molecule has 1 fully saturated rings. The summed E-state index contributed by atoms with van der Waals surface area (Å²) in [4.78, 5) is 16.6. The van der Waals surface area contributed by atoms with Crippen LogP contribution in [0.3, 0.4) is 0 Å². The molecule has 0 aromatic heterocycles. The minimum absolute atomic E-state index is 0.0850. The number of nitrogens with zero attached hydrogens (tertiary/aromatic N) is 2. The average molecular weight is 356 g/mol. The molecule has 1 amide bonds. The molecular formula is C21H25FN2O2. The van der Waals surface area contributed by atoms with Crippen molar-refractivity contribution in [2.45, 2.75) is 25.4 Å². The van der Waals surface area contributed by atoms with E-state index < -0.39 is 0 Å². The number of benzene rings is 2. The van der Waals surface area contributed by atoms with E-state index in [2.05, 4.69) is 4.90 Å². The quantitative estimate of drug-likeness (QED) is 0.792. The molecule has 2 aromatic carbocycles. The van der Waals surface area contributed by atoms with Crippen LogP contribution in [0.5, 0.6) is 5.75 Å². The predicted molar refractivity (Wildman–Crippen MR) is 99.4 cm³/mol. The highest BCUT2D eigenvalue weighted by molar-refractivity contribution is 5.78. The van der Waals surface area contributed by atoms with E-state index in [0.29, 0.717) is 13.1 Å². The van der Waals surface area contributed by atoms with Crippen LogP contribution < -0.4 is 4.74 Å². The number of likely N-dealkylation sites (tertiary alicyclic amines) is 1. The molecular weight excluding hydrogens is 331 g/mol. The van der Waals surface area contributed by atoms with Crippen LogP contribution in [0.25, 0.3) is 0 Å². The summed E-state index contributed by atoms with van der Waals surface area (Å²) in [5.74, 6) is 0.647. The normalized spacial score (nSPS) is 17.3. The molecule has 0 saturated carbocycles. The number of likely N-dealkylation sites (N-methyl/N-ethyl adjacent to an activating group) is 1. The van der Waals surface area contributed by atoms with E-state index in [4.69, 9.17) is 4.74 Å². The number of hydrogen-bond acceptors (Lipinski definition) is 3. The largest absolute Gasteiger partial charge is 0.497 e. The third-order valence-electron chi connectivity index (χ3n) is 4.94. The lowest BCUT2D eigenvalue weighted by atomic mass is 10.0. The standard InChI is InChI=1S/C21H25FN2O2/c1-23(14-16-5-3-6-19(13-16)26-2)21(25)15-24-12-4-7-20(24)17-8-10-18(22)11-9-17/h3,5-6,8-11,13,20H,4,7,12,14-15H2,1-2H3. The molecule has 0 spiro atoms. The summed E-state index contributed by atoms with van der Waals surface area (Å²) in [5.41, 5.74) is 2.11. The van der Waals surface area contributed by atoms with Gasteiger partial charge in [0.1, 0.15) is 11.6 Å². The molecule has 1 unspecified atom stereocenters. The second-order valence-electron chi connectivity index (χ2n) is 6.78. The van der Waals surface area contributed by atoms with Crippen molar-refractivity contribution in [3.63, 3.8) is 0 Å². The molecule has 1 aliphatic rings. The van der Waals surface area contributed by atoms with Gasteiger partial charge in [-0.05, 0) is 54.8 Å². The summed E-state index contributed by atoms with van der Waals surface area (Å²) in [7, 11) is 3.46. The number of carbonyl (C=O) groups is 1. The fraction of sp³-hybridized carbons (Fsp3) is 0.381. The van der Waals surface area contributed by atoms with E-state index in [1.165, 1.54) is 12.1 Å². The summed E-state index contributed by atoms with van der Waals surface area (Å²) in [6.07, 6.45) is 2.05. The second kappa shape index (κ2) is 8.32. The number of rotatable bonds is 6. The Bertz CT molecular complexity index is 748. The average Bonchev–Trinajstić information content (AvgIpc) is 3.10. The van der Waals surface area contributed by atoms with Gasteiger partial charge < -0.3 is 9.64 Å². The van der Waals surface area contributed by atoms with E-state index in [-0.39, 0.29) is 17.8 Å². The van der Waals surface area contributed by atoms with Crippen LogP contribution in [0.4, 0.5) is 4.39 Å². The summed E-state index contributed by atoms with van der Waals surface area (Å²) in [6.45, 7) is 1.81. The number of halogens is 1. The molecule has 1 atom stereocenters. The summed E-state index contributed by atoms with van der Waals surface area (Å²) in [5, 5.41) is 0. The Hall–Kier alpha value is -2.40. The fourth-order valence-electron chi connectivity index (χ4n) is 3.51. The van der Waals surface area contributed by atoms with Gasteiger partial charge in [0.05, 0.1) is 13.7 Å². The smallest absolute Gasteiger partial charge is 0.236 e. The molecule has 1 aliphatic heterocycles. The van der Waals surface area contributed by atoms with E-state index in [1.54, 1.807) is 12.0 Å². The predicted octanol–water partition coefficient (Wildman–Crippen LogP) is 3.63. The highest BCUT2D eigenvalue weighted by Gasteiger charge is 2.28. The maximum absolute atomic E-state index is 13.2. The lowest BCUT2D eigenvalue weighted by Crippen LogP contribution is -2.37. The minimum Gasteiger partial charge on any atom is -0.497 e. The van der Waals surface area contributed by atoms with Crippen molar-refractivity contribution >= 4 is 5.91 Å². The molecule has 0 bridgehead atoms. The van der Waals surface area contributed by atoms with E-state index in [1.807, 2.05) is 43.4 Å².